The van der Waals surface area contributed by atoms with Gasteiger partial charge in [-0.1, -0.05) is 13.3 Å². The summed E-state index contributed by atoms with van der Waals surface area (Å²) in [7, 11) is 0. The van der Waals surface area contributed by atoms with Crippen molar-refractivity contribution in [1.29, 1.82) is 0 Å². The Morgan fingerprint density at radius 3 is 2.82 bits per heavy atom. The Hall–Kier alpha value is -0.830. The van der Waals surface area contributed by atoms with E-state index in [2.05, 4.69) is 12.2 Å². The lowest BCUT2D eigenvalue weighted by Crippen LogP contribution is -2.43. The van der Waals surface area contributed by atoms with Gasteiger partial charge in [-0.05, 0) is 51.3 Å². The second-order valence-corrected chi connectivity index (χ2v) is 5.17. The number of hydrogen-bond donors (Lipinski definition) is 1. The van der Waals surface area contributed by atoms with Crippen LogP contribution in [0.1, 0.15) is 45.4 Å². The van der Waals surface area contributed by atoms with E-state index in [1.807, 2.05) is 6.08 Å². The molecule has 0 unspecified atom stereocenters. The van der Waals surface area contributed by atoms with E-state index in [4.69, 9.17) is 4.74 Å². The number of carbonyl (C=O) groups is 1. The molecule has 2 aliphatic heterocycles. The predicted octanol–water partition coefficient (Wildman–Crippen LogP) is 2.42. The van der Waals surface area contributed by atoms with Gasteiger partial charge in [-0.15, -0.1) is 0 Å². The van der Waals surface area contributed by atoms with Gasteiger partial charge in [0.1, 0.15) is 0 Å². The lowest BCUT2D eigenvalue weighted by molar-refractivity contribution is -0.130. The van der Waals surface area contributed by atoms with E-state index in [-0.39, 0.29) is 11.2 Å². The first-order valence-corrected chi connectivity index (χ1v) is 6.87. The van der Waals surface area contributed by atoms with E-state index in [9.17, 15) is 4.79 Å². The van der Waals surface area contributed by atoms with Crippen LogP contribution in [0.4, 0.5) is 0 Å². The molecule has 0 atom stereocenters. The lowest BCUT2D eigenvalue weighted by Gasteiger charge is -2.37. The molecule has 1 saturated heterocycles. The van der Waals surface area contributed by atoms with Crippen molar-refractivity contribution in [3.05, 3.63) is 11.8 Å². The van der Waals surface area contributed by atoms with E-state index in [0.29, 0.717) is 12.4 Å². The molecule has 0 aromatic heterocycles. The minimum atomic E-state index is -0.150. The van der Waals surface area contributed by atoms with Gasteiger partial charge in [-0.25, -0.2) is 0 Å². The molecule has 2 rings (SSSR count). The highest BCUT2D eigenvalue weighted by Crippen LogP contribution is 2.38. The molecule has 2 heterocycles. The number of allylic oxidation sites excluding steroid dienone is 2. The zero-order valence-corrected chi connectivity index (χ0v) is 10.8. The van der Waals surface area contributed by atoms with Crippen LogP contribution in [-0.4, -0.2) is 25.5 Å². The maximum atomic E-state index is 12.6. The SMILES string of the molecule is CCCC1(C(=O)C2=CCCCO2)CCNCC1. The van der Waals surface area contributed by atoms with Crippen molar-refractivity contribution in [3.63, 3.8) is 0 Å². The Morgan fingerprint density at radius 2 is 2.24 bits per heavy atom. The van der Waals surface area contributed by atoms with Crippen LogP contribution in [-0.2, 0) is 9.53 Å². The molecule has 0 amide bonds. The Labute approximate surface area is 104 Å². The average molecular weight is 237 g/mol. The second-order valence-electron chi connectivity index (χ2n) is 5.17. The Bertz CT molecular complexity index is 298. The molecule has 3 heteroatoms. The fourth-order valence-corrected chi connectivity index (χ4v) is 2.95. The fourth-order valence-electron chi connectivity index (χ4n) is 2.95. The number of rotatable bonds is 4. The van der Waals surface area contributed by atoms with Crippen LogP contribution < -0.4 is 5.32 Å². The quantitative estimate of drug-likeness (QED) is 0.816. The van der Waals surface area contributed by atoms with E-state index >= 15 is 0 Å². The zero-order valence-electron chi connectivity index (χ0n) is 10.8. The van der Waals surface area contributed by atoms with E-state index < -0.39 is 0 Å². The minimum Gasteiger partial charge on any atom is -0.490 e. The molecule has 1 fully saturated rings. The van der Waals surface area contributed by atoms with Crippen molar-refractivity contribution in [2.75, 3.05) is 19.7 Å². The number of nitrogens with one attached hydrogen (secondary N) is 1. The highest BCUT2D eigenvalue weighted by molar-refractivity contribution is 5.98. The van der Waals surface area contributed by atoms with Crippen molar-refractivity contribution >= 4 is 5.78 Å². The normalized spacial score (nSPS) is 23.7. The van der Waals surface area contributed by atoms with E-state index in [1.165, 1.54) is 0 Å². The summed E-state index contributed by atoms with van der Waals surface area (Å²) in [4.78, 5) is 12.6. The maximum absolute atomic E-state index is 12.6. The number of hydrogen-bond acceptors (Lipinski definition) is 3. The summed E-state index contributed by atoms with van der Waals surface area (Å²) < 4.78 is 5.56. The first-order chi connectivity index (χ1) is 8.28. The molecule has 1 N–H and O–H groups in total. The third kappa shape index (κ3) is 2.71. The third-order valence-corrected chi connectivity index (χ3v) is 3.93. The molecule has 0 spiro atoms. The molecule has 0 bridgehead atoms. The van der Waals surface area contributed by atoms with E-state index in [1.54, 1.807) is 0 Å². The molecular formula is C14H23NO2. The van der Waals surface area contributed by atoms with E-state index in [0.717, 1.165) is 51.6 Å². The van der Waals surface area contributed by atoms with Crippen molar-refractivity contribution in [3.8, 4) is 0 Å². The number of piperidine rings is 1. The molecule has 3 nitrogen and oxygen atoms in total. The fraction of sp³-hybridized carbons (Fsp3) is 0.786. The van der Waals surface area contributed by atoms with Crippen LogP contribution in [0, 0.1) is 5.41 Å². The highest BCUT2D eigenvalue weighted by atomic mass is 16.5. The van der Waals surface area contributed by atoms with Crippen LogP contribution in [0.5, 0.6) is 0 Å². The molecule has 17 heavy (non-hydrogen) atoms. The van der Waals surface area contributed by atoms with Crippen LogP contribution in [0.2, 0.25) is 0 Å². The molecule has 0 saturated carbocycles. The Balaban J connectivity index is 2.14. The van der Waals surface area contributed by atoms with Gasteiger partial charge in [0.25, 0.3) is 0 Å². The van der Waals surface area contributed by atoms with Crippen molar-refractivity contribution in [1.82, 2.24) is 5.32 Å². The minimum absolute atomic E-state index is 0.150. The Kier molecular flexibility index (Phi) is 4.21. The van der Waals surface area contributed by atoms with Crippen LogP contribution >= 0.6 is 0 Å². The summed E-state index contributed by atoms with van der Waals surface area (Å²) in [6.07, 6.45) is 8.00. The number of Topliss-reactive ketones (excluding diaryl/α,β-unsaturated/α-hetero) is 1. The summed E-state index contributed by atoms with van der Waals surface area (Å²) >= 11 is 0. The molecular weight excluding hydrogens is 214 g/mol. The largest absolute Gasteiger partial charge is 0.490 e. The third-order valence-electron chi connectivity index (χ3n) is 3.93. The van der Waals surface area contributed by atoms with Gasteiger partial charge in [0.2, 0.25) is 5.78 Å². The molecule has 0 aromatic rings. The zero-order chi connectivity index (χ0) is 12.1. The van der Waals surface area contributed by atoms with Crippen molar-refractivity contribution in [2.45, 2.75) is 45.4 Å². The van der Waals surface area contributed by atoms with Gasteiger partial charge >= 0.3 is 0 Å². The van der Waals surface area contributed by atoms with Gasteiger partial charge in [-0.3, -0.25) is 4.79 Å². The molecule has 0 aromatic carbocycles. The maximum Gasteiger partial charge on any atom is 0.203 e. The van der Waals surface area contributed by atoms with Gasteiger partial charge in [0.05, 0.1) is 6.61 Å². The summed E-state index contributed by atoms with van der Waals surface area (Å²) in [6, 6.07) is 0. The van der Waals surface area contributed by atoms with Gasteiger partial charge < -0.3 is 10.1 Å². The summed E-state index contributed by atoms with van der Waals surface area (Å²) in [6.45, 7) is 4.78. The molecule has 0 aliphatic carbocycles. The standard InChI is InChI=1S/C14H23NO2/c1-2-6-14(7-9-15-10-8-14)13(16)12-5-3-4-11-17-12/h5,15H,2-4,6-11H2,1H3. The first-order valence-electron chi connectivity index (χ1n) is 6.87. The smallest absolute Gasteiger partial charge is 0.203 e. The molecule has 96 valence electrons. The van der Waals surface area contributed by atoms with Gasteiger partial charge in [0.15, 0.2) is 5.76 Å². The number of ketones is 1. The van der Waals surface area contributed by atoms with Crippen LogP contribution in [0.25, 0.3) is 0 Å². The average Bonchev–Trinajstić information content (AvgIpc) is 2.40. The van der Waals surface area contributed by atoms with Crippen LogP contribution in [0.3, 0.4) is 0 Å². The topological polar surface area (TPSA) is 38.3 Å². The van der Waals surface area contributed by atoms with Crippen molar-refractivity contribution in [2.24, 2.45) is 5.41 Å². The van der Waals surface area contributed by atoms with Gasteiger partial charge in [-0.2, -0.15) is 0 Å². The second kappa shape index (κ2) is 5.67. The number of ether oxygens (including phenoxy) is 1. The predicted molar refractivity (Wildman–Crippen MR) is 67.7 cm³/mol. The highest BCUT2D eigenvalue weighted by Gasteiger charge is 2.40. The lowest BCUT2D eigenvalue weighted by atomic mass is 9.71. The first kappa shape index (κ1) is 12.6. The Morgan fingerprint density at radius 1 is 1.47 bits per heavy atom. The molecule has 2 aliphatic rings. The van der Waals surface area contributed by atoms with Gasteiger partial charge in [0, 0.05) is 5.41 Å². The number of carbonyl (C=O) groups excluding carboxylic acids is 1. The monoisotopic (exact) mass is 237 g/mol. The molecule has 0 radical (unpaired) electrons. The van der Waals surface area contributed by atoms with Crippen LogP contribution in [0.15, 0.2) is 11.8 Å². The summed E-state index contributed by atoms with van der Waals surface area (Å²) in [5.74, 6) is 0.909. The summed E-state index contributed by atoms with van der Waals surface area (Å²) in [5.41, 5.74) is -0.150. The van der Waals surface area contributed by atoms with Crippen molar-refractivity contribution < 1.29 is 9.53 Å². The summed E-state index contributed by atoms with van der Waals surface area (Å²) in [5, 5.41) is 3.34.